The van der Waals surface area contributed by atoms with Crippen LogP contribution in [0.3, 0.4) is 0 Å². The molecule has 0 aliphatic carbocycles. The van der Waals surface area contributed by atoms with E-state index < -0.39 is 11.4 Å². The summed E-state index contributed by atoms with van der Waals surface area (Å²) in [7, 11) is 0. The summed E-state index contributed by atoms with van der Waals surface area (Å²) in [6.45, 7) is 6.99. The van der Waals surface area contributed by atoms with Crippen molar-refractivity contribution in [3.05, 3.63) is 54.9 Å². The number of aromatic nitrogens is 3. The van der Waals surface area contributed by atoms with E-state index in [0.717, 1.165) is 42.5 Å². The number of nitrogens with one attached hydrogen (secondary N) is 1. The van der Waals surface area contributed by atoms with Gasteiger partial charge in [0.1, 0.15) is 23.6 Å². The van der Waals surface area contributed by atoms with Gasteiger partial charge in [-0.15, -0.1) is 0 Å². The molecule has 0 amide bonds. The Morgan fingerprint density at radius 2 is 1.87 bits per heavy atom. The molecule has 38 heavy (non-hydrogen) atoms. The summed E-state index contributed by atoms with van der Waals surface area (Å²) in [5, 5.41) is 12.8. The number of hydrogen-bond acceptors (Lipinski definition) is 9. The van der Waals surface area contributed by atoms with Crippen LogP contribution < -0.4 is 24.6 Å². The standard InChI is InChI=1S/C28H34N6O4/c1-3-37-21-9-4-5-10-22(21)38-20-8-7-14-33(18-20)26-17-29-16-24(32-26)30-23-11-6-12-25(31-23)34-15-13-28(2,19-34)27(35)36/h4-6,9-12,16-17,20H,3,7-8,13-15,18-19H2,1-2H3,(H,35,36)(H,30,31,32). The minimum absolute atomic E-state index is 0.0130. The van der Waals surface area contributed by atoms with Gasteiger partial charge in [0.05, 0.1) is 31.0 Å². The fraction of sp³-hybridized carbons (Fsp3) is 0.429. The van der Waals surface area contributed by atoms with E-state index in [0.29, 0.717) is 44.3 Å². The molecule has 0 saturated carbocycles. The zero-order chi connectivity index (χ0) is 26.5. The van der Waals surface area contributed by atoms with Crippen molar-refractivity contribution in [2.24, 2.45) is 5.41 Å². The van der Waals surface area contributed by atoms with Crippen LogP contribution in [-0.4, -0.2) is 64.9 Å². The van der Waals surface area contributed by atoms with Crippen LogP contribution in [0.1, 0.15) is 33.1 Å². The number of pyridine rings is 1. The quantitative estimate of drug-likeness (QED) is 0.423. The first kappa shape index (κ1) is 25.6. The number of para-hydroxylation sites is 2. The molecule has 3 aromatic rings. The number of nitrogens with zero attached hydrogens (tertiary/aromatic N) is 5. The molecule has 2 saturated heterocycles. The Labute approximate surface area is 222 Å². The Balaban J connectivity index is 1.25. The lowest BCUT2D eigenvalue weighted by Gasteiger charge is -2.33. The fourth-order valence-corrected chi connectivity index (χ4v) is 4.94. The normalized spacial score (nSPS) is 21.3. The van der Waals surface area contributed by atoms with Gasteiger partial charge in [0, 0.05) is 19.6 Å². The number of rotatable bonds is 9. The average Bonchev–Trinajstić information content (AvgIpc) is 3.34. The second-order valence-electron chi connectivity index (χ2n) is 10.0. The molecule has 2 fully saturated rings. The SMILES string of the molecule is CCOc1ccccc1OC1CCCN(c2cncc(Nc3cccc(N4CCC(C)(C(=O)O)C4)n3)n2)C1. The van der Waals surface area contributed by atoms with Crippen LogP contribution in [0.15, 0.2) is 54.9 Å². The maximum absolute atomic E-state index is 11.6. The van der Waals surface area contributed by atoms with Crippen LogP contribution >= 0.6 is 0 Å². The van der Waals surface area contributed by atoms with E-state index in [9.17, 15) is 9.90 Å². The summed E-state index contributed by atoms with van der Waals surface area (Å²) in [6.07, 6.45) is 5.98. The van der Waals surface area contributed by atoms with Gasteiger partial charge in [0.2, 0.25) is 0 Å². The molecule has 2 unspecified atom stereocenters. The van der Waals surface area contributed by atoms with Crippen molar-refractivity contribution in [2.75, 3.05) is 47.9 Å². The number of ether oxygens (including phenoxy) is 2. The zero-order valence-electron chi connectivity index (χ0n) is 21.8. The van der Waals surface area contributed by atoms with E-state index in [1.54, 1.807) is 19.3 Å². The van der Waals surface area contributed by atoms with Gasteiger partial charge in [-0.1, -0.05) is 18.2 Å². The van der Waals surface area contributed by atoms with Gasteiger partial charge in [-0.3, -0.25) is 9.78 Å². The Kier molecular flexibility index (Phi) is 7.48. The number of carbonyl (C=O) groups is 1. The van der Waals surface area contributed by atoms with Gasteiger partial charge in [-0.25, -0.2) is 9.97 Å². The number of anilines is 4. The molecule has 2 N–H and O–H groups in total. The molecule has 10 nitrogen and oxygen atoms in total. The van der Waals surface area contributed by atoms with Gasteiger partial charge >= 0.3 is 5.97 Å². The van der Waals surface area contributed by atoms with Crippen molar-refractivity contribution in [3.63, 3.8) is 0 Å². The van der Waals surface area contributed by atoms with Crippen molar-refractivity contribution in [2.45, 2.75) is 39.2 Å². The van der Waals surface area contributed by atoms with Crippen molar-refractivity contribution in [1.29, 1.82) is 0 Å². The molecular weight excluding hydrogens is 484 g/mol. The summed E-state index contributed by atoms with van der Waals surface area (Å²) >= 11 is 0. The second kappa shape index (κ2) is 11.1. The highest BCUT2D eigenvalue weighted by atomic mass is 16.5. The van der Waals surface area contributed by atoms with E-state index in [2.05, 4.69) is 15.2 Å². The van der Waals surface area contributed by atoms with Crippen molar-refractivity contribution in [3.8, 4) is 11.5 Å². The summed E-state index contributed by atoms with van der Waals surface area (Å²) < 4.78 is 12.0. The van der Waals surface area contributed by atoms with Crippen molar-refractivity contribution in [1.82, 2.24) is 15.0 Å². The third-order valence-corrected chi connectivity index (χ3v) is 7.07. The minimum Gasteiger partial charge on any atom is -0.490 e. The highest BCUT2D eigenvalue weighted by Crippen LogP contribution is 2.33. The summed E-state index contributed by atoms with van der Waals surface area (Å²) in [4.78, 5) is 29.7. The number of piperidine rings is 1. The lowest BCUT2D eigenvalue weighted by Crippen LogP contribution is -2.41. The predicted octanol–water partition coefficient (Wildman–Crippen LogP) is 4.36. The first-order chi connectivity index (χ1) is 18.4. The molecule has 2 atom stereocenters. The van der Waals surface area contributed by atoms with Crippen LogP contribution in [0.2, 0.25) is 0 Å². The number of aliphatic carboxylic acids is 1. The zero-order valence-corrected chi connectivity index (χ0v) is 21.8. The average molecular weight is 519 g/mol. The summed E-state index contributed by atoms with van der Waals surface area (Å²) in [5.74, 6) is 3.48. The first-order valence-corrected chi connectivity index (χ1v) is 13.1. The Morgan fingerprint density at radius 1 is 1.05 bits per heavy atom. The van der Waals surface area contributed by atoms with Crippen molar-refractivity contribution >= 4 is 29.2 Å². The van der Waals surface area contributed by atoms with E-state index in [1.165, 1.54) is 0 Å². The third-order valence-electron chi connectivity index (χ3n) is 7.07. The molecule has 10 heteroatoms. The van der Waals surface area contributed by atoms with E-state index in [-0.39, 0.29) is 6.10 Å². The molecule has 4 heterocycles. The molecule has 1 aromatic carbocycles. The highest BCUT2D eigenvalue weighted by molar-refractivity contribution is 5.76. The van der Waals surface area contributed by atoms with Crippen LogP contribution in [0.5, 0.6) is 11.5 Å². The molecule has 0 bridgehead atoms. The highest BCUT2D eigenvalue weighted by Gasteiger charge is 2.41. The Hall–Kier alpha value is -4.08. The first-order valence-electron chi connectivity index (χ1n) is 13.1. The van der Waals surface area contributed by atoms with Crippen molar-refractivity contribution < 1.29 is 19.4 Å². The molecule has 2 aliphatic heterocycles. The predicted molar refractivity (Wildman–Crippen MR) is 146 cm³/mol. The lowest BCUT2D eigenvalue weighted by atomic mass is 9.90. The molecule has 2 aliphatic rings. The molecule has 0 radical (unpaired) electrons. The molecule has 5 rings (SSSR count). The van der Waals surface area contributed by atoms with Crippen LogP contribution in [-0.2, 0) is 4.79 Å². The van der Waals surface area contributed by atoms with E-state index >= 15 is 0 Å². The maximum Gasteiger partial charge on any atom is 0.311 e. The van der Waals surface area contributed by atoms with Gasteiger partial charge in [0.15, 0.2) is 17.3 Å². The summed E-state index contributed by atoms with van der Waals surface area (Å²) in [5.41, 5.74) is -0.758. The second-order valence-corrected chi connectivity index (χ2v) is 10.0. The smallest absolute Gasteiger partial charge is 0.311 e. The molecule has 0 spiro atoms. The van der Waals surface area contributed by atoms with Gasteiger partial charge in [-0.2, -0.15) is 0 Å². The molecule has 2 aromatic heterocycles. The maximum atomic E-state index is 11.6. The Bertz CT molecular complexity index is 1270. The molecule has 200 valence electrons. The third kappa shape index (κ3) is 5.74. The fourth-order valence-electron chi connectivity index (χ4n) is 4.94. The van der Waals surface area contributed by atoms with Crippen LogP contribution in [0, 0.1) is 5.41 Å². The monoisotopic (exact) mass is 518 g/mol. The van der Waals surface area contributed by atoms with Crippen LogP contribution in [0.25, 0.3) is 0 Å². The van der Waals surface area contributed by atoms with E-state index in [4.69, 9.17) is 19.4 Å². The van der Waals surface area contributed by atoms with E-state index in [1.807, 2.05) is 54.3 Å². The van der Waals surface area contributed by atoms with Gasteiger partial charge in [0.25, 0.3) is 0 Å². The van der Waals surface area contributed by atoms with Crippen LogP contribution in [0.4, 0.5) is 23.3 Å². The largest absolute Gasteiger partial charge is 0.490 e. The minimum atomic E-state index is -0.773. The number of benzene rings is 1. The van der Waals surface area contributed by atoms with Gasteiger partial charge in [-0.05, 0) is 57.4 Å². The molecular formula is C28H34N6O4. The Morgan fingerprint density at radius 3 is 2.66 bits per heavy atom. The lowest BCUT2D eigenvalue weighted by molar-refractivity contribution is -0.146. The summed E-state index contributed by atoms with van der Waals surface area (Å²) in [6, 6.07) is 13.4. The van der Waals surface area contributed by atoms with Gasteiger partial charge < -0.3 is 29.7 Å². The topological polar surface area (TPSA) is 113 Å². The number of carboxylic acids is 1. The number of hydrogen-bond donors (Lipinski definition) is 2. The number of carboxylic acid groups (broad SMARTS) is 1.